The molecule has 0 spiro atoms. The third-order valence-corrected chi connectivity index (χ3v) is 8.16. The smallest absolute Gasteiger partial charge is 0.0988 e. The molecular formula is C30H28N2O2. The van der Waals surface area contributed by atoms with Crippen LogP contribution >= 0.6 is 0 Å². The number of allylic oxidation sites excluding steroid dienone is 5. The van der Waals surface area contributed by atoms with Gasteiger partial charge in [0.25, 0.3) is 0 Å². The van der Waals surface area contributed by atoms with Crippen molar-refractivity contribution >= 4 is 28.2 Å². The van der Waals surface area contributed by atoms with E-state index in [1.54, 1.807) is 0 Å². The Morgan fingerprint density at radius 1 is 0.941 bits per heavy atom. The summed E-state index contributed by atoms with van der Waals surface area (Å²) in [5.41, 5.74) is 11.4. The predicted molar refractivity (Wildman–Crippen MR) is 136 cm³/mol. The number of anilines is 1. The largest absolute Gasteiger partial charge is 0.371 e. The Kier molecular flexibility index (Phi) is 4.08. The molecule has 3 aliphatic heterocycles. The zero-order chi connectivity index (χ0) is 22.2. The van der Waals surface area contributed by atoms with Crippen molar-refractivity contribution in [2.75, 3.05) is 24.7 Å². The first kappa shape index (κ1) is 19.2. The van der Waals surface area contributed by atoms with E-state index in [1.165, 1.54) is 50.2 Å². The molecule has 4 heteroatoms. The number of hydrogen-bond donors (Lipinski definition) is 0. The van der Waals surface area contributed by atoms with Crippen molar-refractivity contribution in [1.82, 2.24) is 4.57 Å². The first-order valence-electron chi connectivity index (χ1n) is 12.7. The Labute approximate surface area is 199 Å². The molecule has 4 heterocycles. The van der Waals surface area contributed by atoms with Crippen LogP contribution in [-0.4, -0.2) is 36.5 Å². The highest BCUT2D eigenvalue weighted by Crippen LogP contribution is 2.49. The summed E-state index contributed by atoms with van der Waals surface area (Å²) < 4.78 is 13.7. The maximum atomic E-state index is 5.58. The second-order valence-electron chi connectivity index (χ2n) is 10.3. The van der Waals surface area contributed by atoms with E-state index in [4.69, 9.17) is 9.47 Å². The summed E-state index contributed by atoms with van der Waals surface area (Å²) in [6, 6.07) is 16.1. The van der Waals surface area contributed by atoms with Gasteiger partial charge in [-0.05, 0) is 66.3 Å². The fraction of sp³-hybridized carbons (Fsp3) is 0.333. The van der Waals surface area contributed by atoms with Crippen molar-refractivity contribution in [3.05, 3.63) is 88.8 Å². The van der Waals surface area contributed by atoms with Gasteiger partial charge in [-0.1, -0.05) is 36.4 Å². The summed E-state index contributed by atoms with van der Waals surface area (Å²) >= 11 is 0. The SMILES string of the molecule is C1=CCC2C(=C1)N(CC1CO1)c1ccc(C3=Cc4c(n(CC5CO5)c5ccccc45)CC3)cc12. The average molecular weight is 449 g/mol. The van der Waals surface area contributed by atoms with Crippen LogP contribution in [0.3, 0.4) is 0 Å². The molecule has 2 fully saturated rings. The lowest BCUT2D eigenvalue weighted by atomic mass is 9.87. The Morgan fingerprint density at radius 3 is 2.68 bits per heavy atom. The first-order chi connectivity index (χ1) is 16.8. The number of ether oxygens (including phenoxy) is 2. The van der Waals surface area contributed by atoms with Crippen molar-refractivity contribution in [2.24, 2.45) is 0 Å². The fourth-order valence-corrected chi connectivity index (χ4v) is 6.31. The molecule has 0 N–H and O–H groups in total. The minimum absolute atomic E-state index is 0.385. The molecule has 5 aliphatic rings. The van der Waals surface area contributed by atoms with Crippen LogP contribution in [0.5, 0.6) is 0 Å². The number of epoxide rings is 2. The average Bonchev–Trinajstić information content (AvgIpc) is 3.82. The second-order valence-corrected chi connectivity index (χ2v) is 10.3. The highest BCUT2D eigenvalue weighted by molar-refractivity contribution is 5.98. The van der Waals surface area contributed by atoms with Crippen molar-refractivity contribution < 1.29 is 9.47 Å². The standard InChI is InChI=1S/C30H28N2O2/c1-3-7-27-23(5-1)25-13-19(9-11-29(25)31(27)15-21-17-33-21)20-10-12-30-26(14-20)24-6-2-4-8-28(24)32(30)16-22-18-34-22/h1-5,7-8,10,12-14,21-22,24H,6,9,11,15-18H2. The van der Waals surface area contributed by atoms with Gasteiger partial charge in [0.05, 0.1) is 38.5 Å². The van der Waals surface area contributed by atoms with Crippen LogP contribution in [0.4, 0.5) is 5.69 Å². The lowest BCUT2D eigenvalue weighted by molar-refractivity contribution is 0.383. The van der Waals surface area contributed by atoms with E-state index in [-0.39, 0.29) is 0 Å². The zero-order valence-corrected chi connectivity index (χ0v) is 19.2. The molecule has 4 nitrogen and oxygen atoms in total. The van der Waals surface area contributed by atoms with Crippen LogP contribution in [0, 0.1) is 0 Å². The lowest BCUT2D eigenvalue weighted by Gasteiger charge is -2.23. The van der Waals surface area contributed by atoms with Crippen LogP contribution in [-0.2, 0) is 22.4 Å². The number of benzene rings is 2. The fourth-order valence-electron chi connectivity index (χ4n) is 6.31. The monoisotopic (exact) mass is 448 g/mol. The Hall–Kier alpha value is -3.08. The van der Waals surface area contributed by atoms with Gasteiger partial charge in [0.15, 0.2) is 0 Å². The molecule has 8 rings (SSSR count). The molecule has 2 saturated heterocycles. The predicted octanol–water partition coefficient (Wildman–Crippen LogP) is 5.67. The number of aromatic nitrogens is 1. The minimum atomic E-state index is 0.385. The van der Waals surface area contributed by atoms with Crippen LogP contribution in [0.2, 0.25) is 0 Å². The van der Waals surface area contributed by atoms with E-state index >= 15 is 0 Å². The summed E-state index contributed by atoms with van der Waals surface area (Å²) in [6.07, 6.45) is 13.3. The van der Waals surface area contributed by atoms with Gasteiger partial charge in [-0.15, -0.1) is 0 Å². The molecule has 1 aromatic heterocycles. The lowest BCUT2D eigenvalue weighted by Crippen LogP contribution is -2.25. The van der Waals surface area contributed by atoms with Crippen LogP contribution in [0.25, 0.3) is 22.6 Å². The molecule has 0 bridgehead atoms. The summed E-state index contributed by atoms with van der Waals surface area (Å²) in [5.74, 6) is 0.471. The van der Waals surface area contributed by atoms with E-state index < -0.39 is 0 Å². The van der Waals surface area contributed by atoms with Gasteiger partial charge >= 0.3 is 0 Å². The second kappa shape index (κ2) is 7.21. The summed E-state index contributed by atoms with van der Waals surface area (Å²) in [5, 5.41) is 1.37. The Bertz CT molecular complexity index is 1420. The van der Waals surface area contributed by atoms with Crippen molar-refractivity contribution in [2.45, 2.75) is 43.9 Å². The van der Waals surface area contributed by atoms with Gasteiger partial charge in [-0.25, -0.2) is 0 Å². The molecule has 2 aromatic carbocycles. The molecule has 2 aliphatic carbocycles. The molecule has 34 heavy (non-hydrogen) atoms. The van der Waals surface area contributed by atoms with Gasteiger partial charge in [0.2, 0.25) is 0 Å². The molecule has 170 valence electrons. The molecule has 0 radical (unpaired) electrons. The van der Waals surface area contributed by atoms with Crippen LogP contribution in [0.1, 0.15) is 41.1 Å². The van der Waals surface area contributed by atoms with E-state index in [9.17, 15) is 0 Å². The minimum Gasteiger partial charge on any atom is -0.371 e. The Morgan fingerprint density at radius 2 is 1.79 bits per heavy atom. The van der Waals surface area contributed by atoms with Crippen LogP contribution < -0.4 is 4.90 Å². The number of nitrogens with zero attached hydrogens (tertiary/aromatic N) is 2. The van der Waals surface area contributed by atoms with Gasteiger partial charge in [0, 0.05) is 39.5 Å². The van der Waals surface area contributed by atoms with E-state index in [2.05, 4.69) is 76.2 Å². The number of para-hydroxylation sites is 1. The summed E-state index contributed by atoms with van der Waals surface area (Å²) in [4.78, 5) is 2.51. The number of fused-ring (bicyclic) bond motifs is 6. The third kappa shape index (κ3) is 2.98. The van der Waals surface area contributed by atoms with Crippen molar-refractivity contribution in [3.63, 3.8) is 0 Å². The maximum Gasteiger partial charge on any atom is 0.0988 e. The van der Waals surface area contributed by atoms with Gasteiger partial charge < -0.3 is 18.9 Å². The van der Waals surface area contributed by atoms with E-state index in [0.717, 1.165) is 45.6 Å². The quantitative estimate of drug-likeness (QED) is 0.471. The highest BCUT2D eigenvalue weighted by atomic mass is 16.6. The molecule has 0 amide bonds. The summed E-state index contributed by atoms with van der Waals surface area (Å²) in [7, 11) is 0. The van der Waals surface area contributed by atoms with Crippen molar-refractivity contribution in [1.29, 1.82) is 0 Å². The molecule has 3 unspecified atom stereocenters. The third-order valence-electron chi connectivity index (χ3n) is 8.16. The van der Waals surface area contributed by atoms with Gasteiger partial charge in [-0.2, -0.15) is 0 Å². The molecular weight excluding hydrogens is 420 g/mol. The maximum absolute atomic E-state index is 5.58. The number of rotatable bonds is 5. The summed E-state index contributed by atoms with van der Waals surface area (Å²) in [6.45, 7) is 3.74. The molecule has 0 saturated carbocycles. The topological polar surface area (TPSA) is 33.2 Å². The zero-order valence-electron chi connectivity index (χ0n) is 19.2. The van der Waals surface area contributed by atoms with Crippen LogP contribution in [0.15, 0.2) is 66.4 Å². The van der Waals surface area contributed by atoms with Gasteiger partial charge in [-0.3, -0.25) is 0 Å². The first-order valence-corrected chi connectivity index (χ1v) is 12.7. The van der Waals surface area contributed by atoms with E-state index in [1.807, 2.05) is 0 Å². The Balaban J connectivity index is 1.21. The molecule has 3 atom stereocenters. The molecule has 3 aromatic rings. The van der Waals surface area contributed by atoms with Gasteiger partial charge in [0.1, 0.15) is 0 Å². The van der Waals surface area contributed by atoms with E-state index in [0.29, 0.717) is 18.1 Å². The van der Waals surface area contributed by atoms with Crippen molar-refractivity contribution in [3.8, 4) is 0 Å². The number of hydrogen-bond acceptors (Lipinski definition) is 3. The highest BCUT2D eigenvalue weighted by Gasteiger charge is 2.38. The normalized spacial score (nSPS) is 26.1.